The number of carbonyl (C=O) groups excluding carboxylic acids is 2. The first-order valence-corrected chi connectivity index (χ1v) is 9.50. The molecule has 0 saturated carbocycles. The number of nitrogens with one attached hydrogen (secondary N) is 2. The summed E-state index contributed by atoms with van der Waals surface area (Å²) in [5, 5.41) is 6.93. The van der Waals surface area contributed by atoms with Crippen molar-refractivity contribution in [2.45, 2.75) is 13.8 Å². The lowest BCUT2D eigenvalue weighted by molar-refractivity contribution is -0.136. The monoisotopic (exact) mass is 424 g/mol. The summed E-state index contributed by atoms with van der Waals surface area (Å²) in [6.45, 7) is 3.92. The van der Waals surface area contributed by atoms with E-state index in [1.807, 2.05) is 44.2 Å². The van der Waals surface area contributed by atoms with Gasteiger partial charge >= 0.3 is 11.8 Å². The maximum atomic E-state index is 12.0. The van der Waals surface area contributed by atoms with E-state index in [4.69, 9.17) is 16.3 Å². The van der Waals surface area contributed by atoms with Gasteiger partial charge in [0.25, 0.3) is 0 Å². The summed E-state index contributed by atoms with van der Waals surface area (Å²) in [5.74, 6) is -0.937. The van der Waals surface area contributed by atoms with Gasteiger partial charge in [-0.3, -0.25) is 9.59 Å². The Hall–Kier alpha value is -3.58. The average Bonchev–Trinajstić information content (AvgIpc) is 3.02. The van der Waals surface area contributed by atoms with Gasteiger partial charge in [0.1, 0.15) is 5.75 Å². The van der Waals surface area contributed by atoms with Gasteiger partial charge in [0, 0.05) is 39.4 Å². The van der Waals surface area contributed by atoms with Crippen LogP contribution in [-0.2, 0) is 9.59 Å². The SMILES string of the molecule is COc1cccc(-n2c(C)cc(/C=N\NC(=O)C(=O)Nc3ccc(Cl)cc3)c2C)c1. The number of halogens is 1. The maximum Gasteiger partial charge on any atom is 0.329 e. The van der Waals surface area contributed by atoms with Crippen molar-refractivity contribution in [1.82, 2.24) is 9.99 Å². The van der Waals surface area contributed by atoms with Crippen molar-refractivity contribution in [3.8, 4) is 11.4 Å². The Morgan fingerprint density at radius 1 is 1.07 bits per heavy atom. The maximum absolute atomic E-state index is 12.0. The van der Waals surface area contributed by atoms with Crippen LogP contribution >= 0.6 is 11.6 Å². The summed E-state index contributed by atoms with van der Waals surface area (Å²) in [7, 11) is 1.62. The highest BCUT2D eigenvalue weighted by atomic mass is 35.5. The highest BCUT2D eigenvalue weighted by Crippen LogP contribution is 2.23. The number of aryl methyl sites for hydroxylation is 1. The number of carbonyl (C=O) groups is 2. The minimum Gasteiger partial charge on any atom is -0.497 e. The van der Waals surface area contributed by atoms with Crippen LogP contribution in [0, 0.1) is 13.8 Å². The second-order valence-electron chi connectivity index (χ2n) is 6.52. The van der Waals surface area contributed by atoms with Crippen molar-refractivity contribution < 1.29 is 14.3 Å². The first-order chi connectivity index (χ1) is 14.4. The predicted octanol–water partition coefficient (Wildman–Crippen LogP) is 3.84. The molecular formula is C22H21ClN4O3. The van der Waals surface area contributed by atoms with E-state index in [9.17, 15) is 9.59 Å². The Labute approximate surface area is 179 Å². The molecule has 0 atom stereocenters. The molecule has 8 heteroatoms. The van der Waals surface area contributed by atoms with Crippen molar-refractivity contribution in [3.05, 3.63) is 76.6 Å². The van der Waals surface area contributed by atoms with Gasteiger partial charge in [-0.05, 0) is 56.3 Å². The van der Waals surface area contributed by atoms with Crippen LogP contribution in [0.4, 0.5) is 5.69 Å². The minimum absolute atomic E-state index is 0.463. The molecule has 0 radical (unpaired) electrons. The van der Waals surface area contributed by atoms with Gasteiger partial charge in [0.2, 0.25) is 0 Å². The average molecular weight is 425 g/mol. The summed E-state index contributed by atoms with van der Waals surface area (Å²) in [5.41, 5.74) is 6.40. The molecule has 30 heavy (non-hydrogen) atoms. The van der Waals surface area contributed by atoms with Crippen LogP contribution in [0.25, 0.3) is 5.69 Å². The third-order valence-corrected chi connectivity index (χ3v) is 4.71. The smallest absolute Gasteiger partial charge is 0.329 e. The van der Waals surface area contributed by atoms with Crippen molar-refractivity contribution in [2.24, 2.45) is 5.10 Å². The molecule has 0 spiro atoms. The quantitative estimate of drug-likeness (QED) is 0.370. The zero-order valence-electron chi connectivity index (χ0n) is 16.8. The lowest BCUT2D eigenvalue weighted by atomic mass is 10.2. The molecule has 0 aliphatic rings. The standard InChI is InChI=1S/C22H21ClN4O3/c1-14-11-16(15(2)27(14)19-5-4-6-20(12-19)30-3)13-24-26-22(29)21(28)25-18-9-7-17(23)8-10-18/h4-13H,1-3H3,(H,25,28)(H,26,29)/b24-13-. The molecule has 0 unspecified atom stereocenters. The number of benzene rings is 2. The molecular weight excluding hydrogens is 404 g/mol. The van der Waals surface area contributed by atoms with E-state index in [2.05, 4.69) is 20.4 Å². The number of amides is 2. The second kappa shape index (κ2) is 9.28. The Morgan fingerprint density at radius 3 is 2.50 bits per heavy atom. The third-order valence-electron chi connectivity index (χ3n) is 4.46. The van der Waals surface area contributed by atoms with Crippen LogP contribution in [0.15, 0.2) is 59.7 Å². The molecule has 1 aromatic heterocycles. The zero-order valence-corrected chi connectivity index (χ0v) is 17.5. The molecule has 0 bridgehead atoms. The second-order valence-corrected chi connectivity index (χ2v) is 6.96. The van der Waals surface area contributed by atoms with E-state index in [0.29, 0.717) is 10.7 Å². The van der Waals surface area contributed by atoms with E-state index < -0.39 is 11.8 Å². The number of anilines is 1. The lowest BCUT2D eigenvalue weighted by Gasteiger charge is -2.11. The predicted molar refractivity (Wildman–Crippen MR) is 118 cm³/mol. The van der Waals surface area contributed by atoms with Crippen molar-refractivity contribution >= 4 is 35.3 Å². The lowest BCUT2D eigenvalue weighted by Crippen LogP contribution is -2.32. The van der Waals surface area contributed by atoms with Gasteiger partial charge in [0.05, 0.1) is 13.3 Å². The molecule has 0 aliphatic carbocycles. The minimum atomic E-state index is -0.872. The zero-order chi connectivity index (χ0) is 21.7. The summed E-state index contributed by atoms with van der Waals surface area (Å²) in [6.07, 6.45) is 1.51. The largest absolute Gasteiger partial charge is 0.497 e. The molecule has 0 aliphatic heterocycles. The molecule has 3 rings (SSSR count). The molecule has 1 heterocycles. The van der Waals surface area contributed by atoms with Gasteiger partial charge < -0.3 is 14.6 Å². The third kappa shape index (κ3) is 4.87. The van der Waals surface area contributed by atoms with Gasteiger partial charge in [0.15, 0.2) is 0 Å². The number of hydrogen-bond acceptors (Lipinski definition) is 4. The molecule has 0 fully saturated rings. The molecule has 3 aromatic rings. The van der Waals surface area contributed by atoms with Crippen LogP contribution in [-0.4, -0.2) is 29.7 Å². The normalized spacial score (nSPS) is 10.8. The van der Waals surface area contributed by atoms with Gasteiger partial charge in [-0.2, -0.15) is 5.10 Å². The number of hydrogen-bond donors (Lipinski definition) is 2. The van der Waals surface area contributed by atoms with Crippen LogP contribution in [0.1, 0.15) is 17.0 Å². The topological polar surface area (TPSA) is 84.7 Å². The molecule has 2 N–H and O–H groups in total. The Kier molecular flexibility index (Phi) is 6.54. The van der Waals surface area contributed by atoms with Gasteiger partial charge in [-0.1, -0.05) is 17.7 Å². The first-order valence-electron chi connectivity index (χ1n) is 9.12. The van der Waals surface area contributed by atoms with Crippen molar-refractivity contribution in [1.29, 1.82) is 0 Å². The number of hydrazone groups is 1. The fourth-order valence-corrected chi connectivity index (χ4v) is 3.12. The number of rotatable bonds is 5. The van der Waals surface area contributed by atoms with Gasteiger partial charge in [-0.15, -0.1) is 0 Å². The van der Waals surface area contributed by atoms with Crippen LogP contribution < -0.4 is 15.5 Å². The molecule has 0 saturated heterocycles. The molecule has 7 nitrogen and oxygen atoms in total. The van der Waals surface area contributed by atoms with Crippen molar-refractivity contribution in [3.63, 3.8) is 0 Å². The Bertz CT molecular complexity index is 1100. The van der Waals surface area contributed by atoms with E-state index in [0.717, 1.165) is 28.4 Å². The van der Waals surface area contributed by atoms with E-state index in [-0.39, 0.29) is 0 Å². The summed E-state index contributed by atoms with van der Waals surface area (Å²) in [4.78, 5) is 23.9. The summed E-state index contributed by atoms with van der Waals surface area (Å²) < 4.78 is 7.35. The van der Waals surface area contributed by atoms with Crippen molar-refractivity contribution in [2.75, 3.05) is 12.4 Å². The first kappa shape index (κ1) is 21.1. The highest BCUT2D eigenvalue weighted by molar-refractivity contribution is 6.39. The Morgan fingerprint density at radius 2 is 1.80 bits per heavy atom. The van der Waals surface area contributed by atoms with Crippen LogP contribution in [0.5, 0.6) is 5.75 Å². The van der Waals surface area contributed by atoms with E-state index in [1.54, 1.807) is 31.4 Å². The molecule has 2 amide bonds. The van der Waals surface area contributed by atoms with Gasteiger partial charge in [-0.25, -0.2) is 5.43 Å². The number of ether oxygens (including phenoxy) is 1. The molecule has 2 aromatic carbocycles. The number of nitrogens with zero attached hydrogens (tertiary/aromatic N) is 2. The fourth-order valence-electron chi connectivity index (χ4n) is 3.00. The summed E-state index contributed by atoms with van der Waals surface area (Å²) in [6, 6.07) is 16.1. The van der Waals surface area contributed by atoms with E-state index >= 15 is 0 Å². The number of aromatic nitrogens is 1. The Balaban J connectivity index is 1.68. The van der Waals surface area contributed by atoms with Crippen LogP contribution in [0.2, 0.25) is 5.02 Å². The highest BCUT2D eigenvalue weighted by Gasteiger charge is 2.14. The summed E-state index contributed by atoms with van der Waals surface area (Å²) >= 11 is 5.80. The van der Waals surface area contributed by atoms with E-state index in [1.165, 1.54) is 6.21 Å². The fraction of sp³-hybridized carbons (Fsp3) is 0.136. The molecule has 154 valence electrons. The van der Waals surface area contributed by atoms with Crippen LogP contribution in [0.3, 0.4) is 0 Å². The number of methoxy groups -OCH3 is 1.